The molecular weight excluding hydrogens is 253 g/mol. The van der Waals surface area contributed by atoms with Crippen LogP contribution in [0.25, 0.3) is 0 Å². The molecular formula is C9H13F3N4O2. The Morgan fingerprint density at radius 2 is 2.28 bits per heavy atom. The molecule has 102 valence electrons. The van der Waals surface area contributed by atoms with Crippen molar-refractivity contribution >= 4 is 11.6 Å². The highest BCUT2D eigenvalue weighted by Gasteiger charge is 2.27. The topological polar surface area (TPSA) is 82.2 Å². The summed E-state index contributed by atoms with van der Waals surface area (Å²) in [7, 11) is 0. The van der Waals surface area contributed by atoms with Crippen LogP contribution in [0.3, 0.4) is 0 Å². The molecule has 0 fully saturated rings. The molecule has 1 amide bonds. The van der Waals surface area contributed by atoms with Gasteiger partial charge in [-0.25, -0.2) is 0 Å². The van der Waals surface area contributed by atoms with E-state index < -0.39 is 25.3 Å². The van der Waals surface area contributed by atoms with E-state index in [2.05, 4.69) is 15.2 Å². The molecule has 0 saturated carbocycles. The Morgan fingerprint density at radius 3 is 2.83 bits per heavy atom. The first-order valence-corrected chi connectivity index (χ1v) is 5.06. The smallest absolute Gasteiger partial charge is 0.396 e. The van der Waals surface area contributed by atoms with Gasteiger partial charge in [0.1, 0.15) is 13.2 Å². The molecule has 18 heavy (non-hydrogen) atoms. The second kappa shape index (κ2) is 6.24. The number of carbonyl (C=O) groups is 1. The Hall–Kier alpha value is -1.77. The number of nitrogen functional groups attached to an aromatic ring is 1. The summed E-state index contributed by atoms with van der Waals surface area (Å²) < 4.78 is 40.8. The maximum atomic E-state index is 11.7. The van der Waals surface area contributed by atoms with Gasteiger partial charge in [0.05, 0.1) is 18.4 Å². The molecule has 1 aromatic heterocycles. The summed E-state index contributed by atoms with van der Waals surface area (Å²) in [6.45, 7) is -1.45. The van der Waals surface area contributed by atoms with Crippen molar-refractivity contribution in [3.63, 3.8) is 0 Å². The van der Waals surface area contributed by atoms with E-state index in [1.54, 1.807) is 6.20 Å². The first-order valence-electron chi connectivity index (χ1n) is 5.06. The second-order valence-corrected chi connectivity index (χ2v) is 3.49. The molecule has 0 saturated heterocycles. The van der Waals surface area contributed by atoms with Gasteiger partial charge in [0.15, 0.2) is 0 Å². The molecule has 0 bridgehead atoms. The molecule has 0 aliphatic rings. The summed E-state index contributed by atoms with van der Waals surface area (Å²) in [5.41, 5.74) is 5.91. The summed E-state index contributed by atoms with van der Waals surface area (Å²) in [5.74, 6) is -0.612. The number of halogens is 3. The van der Waals surface area contributed by atoms with Crippen LogP contribution < -0.4 is 11.1 Å². The van der Waals surface area contributed by atoms with Crippen LogP contribution in [0.5, 0.6) is 0 Å². The fourth-order valence-corrected chi connectivity index (χ4v) is 1.12. The van der Waals surface area contributed by atoms with Crippen LogP contribution in [0.2, 0.25) is 0 Å². The van der Waals surface area contributed by atoms with Crippen molar-refractivity contribution in [2.45, 2.75) is 12.7 Å². The molecule has 1 rings (SSSR count). The Morgan fingerprint density at radius 1 is 1.56 bits per heavy atom. The van der Waals surface area contributed by atoms with Crippen molar-refractivity contribution < 1.29 is 22.7 Å². The van der Waals surface area contributed by atoms with Gasteiger partial charge in [-0.1, -0.05) is 0 Å². The quantitative estimate of drug-likeness (QED) is 0.768. The van der Waals surface area contributed by atoms with Crippen LogP contribution in [0.1, 0.15) is 0 Å². The van der Waals surface area contributed by atoms with Crippen molar-refractivity contribution in [3.8, 4) is 0 Å². The van der Waals surface area contributed by atoms with Gasteiger partial charge in [0.2, 0.25) is 5.91 Å². The number of rotatable bonds is 6. The largest absolute Gasteiger partial charge is 0.411 e. The van der Waals surface area contributed by atoms with E-state index in [-0.39, 0.29) is 6.54 Å². The fraction of sp³-hybridized carbons (Fsp3) is 0.556. The molecule has 1 heterocycles. The van der Waals surface area contributed by atoms with Crippen LogP contribution in [0, 0.1) is 0 Å². The number of hydrogen-bond donors (Lipinski definition) is 2. The van der Waals surface area contributed by atoms with Gasteiger partial charge in [-0.2, -0.15) is 18.3 Å². The number of alkyl halides is 3. The highest BCUT2D eigenvalue weighted by Crippen LogP contribution is 2.13. The van der Waals surface area contributed by atoms with Crippen molar-refractivity contribution in [1.82, 2.24) is 15.1 Å². The lowest BCUT2D eigenvalue weighted by Gasteiger charge is -2.08. The zero-order valence-electron chi connectivity index (χ0n) is 9.41. The van der Waals surface area contributed by atoms with Crippen LogP contribution in [-0.4, -0.2) is 41.6 Å². The first-order chi connectivity index (χ1) is 8.37. The third-order valence-corrected chi connectivity index (χ3v) is 1.82. The zero-order valence-corrected chi connectivity index (χ0v) is 9.41. The lowest BCUT2D eigenvalue weighted by Crippen LogP contribution is -2.32. The molecule has 1 aromatic rings. The molecule has 0 aromatic carbocycles. The summed E-state index contributed by atoms with van der Waals surface area (Å²) in [5, 5.41) is 6.26. The fourth-order valence-electron chi connectivity index (χ4n) is 1.12. The number of anilines is 1. The number of aromatic nitrogens is 2. The van der Waals surface area contributed by atoms with Crippen LogP contribution in [-0.2, 0) is 16.1 Å². The molecule has 6 nitrogen and oxygen atoms in total. The SMILES string of the molecule is Nc1cnn(CCNC(=O)COCC(F)(F)F)c1. The van der Waals surface area contributed by atoms with E-state index >= 15 is 0 Å². The number of carbonyl (C=O) groups excluding carboxylic acids is 1. The van der Waals surface area contributed by atoms with E-state index in [0.717, 1.165) is 0 Å². The number of nitrogens with two attached hydrogens (primary N) is 1. The first kappa shape index (κ1) is 14.3. The van der Waals surface area contributed by atoms with E-state index in [9.17, 15) is 18.0 Å². The molecule has 0 aliphatic carbocycles. The second-order valence-electron chi connectivity index (χ2n) is 3.49. The van der Waals surface area contributed by atoms with Crippen molar-refractivity contribution in [2.75, 3.05) is 25.5 Å². The van der Waals surface area contributed by atoms with Gasteiger partial charge >= 0.3 is 6.18 Å². The van der Waals surface area contributed by atoms with E-state index in [0.29, 0.717) is 12.2 Å². The highest BCUT2D eigenvalue weighted by molar-refractivity contribution is 5.77. The van der Waals surface area contributed by atoms with Crippen molar-refractivity contribution in [1.29, 1.82) is 0 Å². The van der Waals surface area contributed by atoms with Gasteiger partial charge in [-0.15, -0.1) is 0 Å². The average molecular weight is 266 g/mol. The van der Waals surface area contributed by atoms with Gasteiger partial charge in [-0.05, 0) is 0 Å². The van der Waals surface area contributed by atoms with Crippen LogP contribution in [0.15, 0.2) is 12.4 Å². The lowest BCUT2D eigenvalue weighted by atomic mass is 10.5. The lowest BCUT2D eigenvalue weighted by molar-refractivity contribution is -0.175. The third kappa shape index (κ3) is 6.09. The predicted octanol–water partition coefficient (Wildman–Crippen LogP) is 0.160. The Bertz CT molecular complexity index is 391. The number of nitrogens with zero attached hydrogens (tertiary/aromatic N) is 2. The van der Waals surface area contributed by atoms with Gasteiger partial charge in [-0.3, -0.25) is 9.48 Å². The summed E-state index contributed by atoms with van der Waals surface area (Å²) in [4.78, 5) is 11.1. The summed E-state index contributed by atoms with van der Waals surface area (Å²) in [6.07, 6.45) is -1.40. The molecule has 9 heteroatoms. The monoisotopic (exact) mass is 266 g/mol. The average Bonchev–Trinajstić information content (AvgIpc) is 2.62. The Labute approximate surface area is 101 Å². The number of nitrogens with one attached hydrogen (secondary N) is 1. The van der Waals surface area contributed by atoms with Crippen molar-refractivity contribution in [2.24, 2.45) is 0 Å². The number of hydrogen-bond acceptors (Lipinski definition) is 4. The minimum Gasteiger partial charge on any atom is -0.396 e. The molecule has 0 spiro atoms. The van der Waals surface area contributed by atoms with Gasteiger partial charge in [0.25, 0.3) is 0 Å². The highest BCUT2D eigenvalue weighted by atomic mass is 19.4. The van der Waals surface area contributed by atoms with E-state index in [1.165, 1.54) is 10.9 Å². The summed E-state index contributed by atoms with van der Waals surface area (Å²) >= 11 is 0. The molecule has 0 atom stereocenters. The Balaban J connectivity index is 2.10. The van der Waals surface area contributed by atoms with Gasteiger partial charge in [0, 0.05) is 12.7 Å². The number of ether oxygens (including phenoxy) is 1. The molecule has 0 radical (unpaired) electrons. The molecule has 0 unspecified atom stereocenters. The number of amides is 1. The minimum atomic E-state index is -4.42. The maximum Gasteiger partial charge on any atom is 0.411 e. The van der Waals surface area contributed by atoms with Crippen molar-refractivity contribution in [3.05, 3.63) is 12.4 Å². The minimum absolute atomic E-state index is 0.231. The van der Waals surface area contributed by atoms with Gasteiger partial charge < -0.3 is 15.8 Å². The Kier molecular flexibility index (Phi) is 4.95. The predicted molar refractivity (Wildman–Crippen MR) is 56.5 cm³/mol. The third-order valence-electron chi connectivity index (χ3n) is 1.82. The maximum absolute atomic E-state index is 11.7. The standard InChI is InChI=1S/C9H13F3N4O2/c10-9(11,12)6-18-5-8(17)14-1-2-16-4-7(13)3-15-16/h3-4H,1-2,5-6,13H2,(H,14,17). The van der Waals surface area contributed by atoms with E-state index in [1.807, 2.05) is 0 Å². The van der Waals surface area contributed by atoms with E-state index in [4.69, 9.17) is 5.73 Å². The molecule has 3 N–H and O–H groups in total. The van der Waals surface area contributed by atoms with Crippen LogP contribution >= 0.6 is 0 Å². The zero-order chi connectivity index (χ0) is 13.6. The van der Waals surface area contributed by atoms with Crippen LogP contribution in [0.4, 0.5) is 18.9 Å². The summed E-state index contributed by atoms with van der Waals surface area (Å²) in [6, 6.07) is 0. The molecule has 0 aliphatic heterocycles. The normalized spacial score (nSPS) is 11.5.